The number of unbranched alkanes of at least 4 members (excludes halogenated alkanes) is 6. The van der Waals surface area contributed by atoms with E-state index < -0.39 is 0 Å². The van der Waals surface area contributed by atoms with Crippen molar-refractivity contribution in [3.63, 3.8) is 0 Å². The molecule has 0 atom stereocenters. The fraction of sp³-hybridized carbons (Fsp3) is 0.625. The lowest BCUT2D eigenvalue weighted by atomic mass is 10.1. The zero-order chi connectivity index (χ0) is 13.9. The summed E-state index contributed by atoms with van der Waals surface area (Å²) in [7, 11) is 1.70. The van der Waals surface area contributed by atoms with Crippen LogP contribution in [0.15, 0.2) is 22.7 Å². The molecular formula is C16H26BrNO. The van der Waals surface area contributed by atoms with Gasteiger partial charge < -0.3 is 10.1 Å². The maximum Gasteiger partial charge on any atom is 0.121 e. The molecule has 1 N–H and O–H groups in total. The standard InChI is InChI=1S/C16H26BrNO/c1-3-4-5-6-7-8-9-12-18-16-13-14(19-2)10-11-15(16)17/h10-11,13,18H,3-9,12H2,1-2H3. The second-order valence-electron chi connectivity index (χ2n) is 4.89. The molecule has 0 bridgehead atoms. The van der Waals surface area contributed by atoms with Gasteiger partial charge in [0.25, 0.3) is 0 Å². The highest BCUT2D eigenvalue weighted by Gasteiger charge is 2.01. The van der Waals surface area contributed by atoms with Crippen molar-refractivity contribution in [2.45, 2.75) is 51.9 Å². The Balaban J connectivity index is 2.15. The van der Waals surface area contributed by atoms with Crippen LogP contribution < -0.4 is 10.1 Å². The second kappa shape index (κ2) is 10.1. The van der Waals surface area contributed by atoms with Crippen LogP contribution in [0.2, 0.25) is 0 Å². The predicted molar refractivity (Wildman–Crippen MR) is 87.2 cm³/mol. The van der Waals surface area contributed by atoms with Crippen LogP contribution in [0.1, 0.15) is 51.9 Å². The lowest BCUT2D eigenvalue weighted by Gasteiger charge is -2.10. The van der Waals surface area contributed by atoms with E-state index in [1.54, 1.807) is 7.11 Å². The predicted octanol–water partition coefficient (Wildman–Crippen LogP) is 5.62. The van der Waals surface area contributed by atoms with E-state index >= 15 is 0 Å². The van der Waals surface area contributed by atoms with Crippen molar-refractivity contribution in [1.29, 1.82) is 0 Å². The molecule has 0 fully saturated rings. The first-order valence-electron chi connectivity index (χ1n) is 7.35. The van der Waals surface area contributed by atoms with Gasteiger partial charge in [-0.15, -0.1) is 0 Å². The average Bonchev–Trinajstić information content (AvgIpc) is 2.43. The first kappa shape index (κ1) is 16.4. The SMILES string of the molecule is CCCCCCCCCNc1cc(OC)ccc1Br. The third kappa shape index (κ3) is 6.86. The molecule has 0 amide bonds. The monoisotopic (exact) mass is 327 g/mol. The first-order valence-corrected chi connectivity index (χ1v) is 8.14. The van der Waals surface area contributed by atoms with Crippen LogP contribution in [0.25, 0.3) is 0 Å². The molecule has 0 saturated heterocycles. The molecule has 108 valence electrons. The molecule has 2 nitrogen and oxygen atoms in total. The number of ether oxygens (including phenoxy) is 1. The highest BCUT2D eigenvalue weighted by atomic mass is 79.9. The van der Waals surface area contributed by atoms with Gasteiger partial charge >= 0.3 is 0 Å². The quantitative estimate of drug-likeness (QED) is 0.563. The molecule has 0 spiro atoms. The number of nitrogens with one attached hydrogen (secondary N) is 1. The Morgan fingerprint density at radius 1 is 1.05 bits per heavy atom. The highest BCUT2D eigenvalue weighted by molar-refractivity contribution is 9.10. The third-order valence-electron chi connectivity index (χ3n) is 3.27. The van der Waals surface area contributed by atoms with Crippen molar-refractivity contribution >= 4 is 21.6 Å². The van der Waals surface area contributed by atoms with Crippen LogP contribution in [0, 0.1) is 0 Å². The topological polar surface area (TPSA) is 21.3 Å². The molecular weight excluding hydrogens is 302 g/mol. The summed E-state index contributed by atoms with van der Waals surface area (Å²) in [5.41, 5.74) is 1.12. The number of methoxy groups -OCH3 is 1. The Hall–Kier alpha value is -0.700. The van der Waals surface area contributed by atoms with Crippen molar-refractivity contribution < 1.29 is 4.74 Å². The molecule has 1 aromatic rings. The van der Waals surface area contributed by atoms with Gasteiger partial charge in [-0.25, -0.2) is 0 Å². The van der Waals surface area contributed by atoms with Gasteiger partial charge in [0.2, 0.25) is 0 Å². The second-order valence-corrected chi connectivity index (χ2v) is 5.75. The molecule has 0 aliphatic rings. The number of halogens is 1. The van der Waals surface area contributed by atoms with Crippen LogP contribution in [0.3, 0.4) is 0 Å². The zero-order valence-electron chi connectivity index (χ0n) is 12.2. The molecule has 19 heavy (non-hydrogen) atoms. The largest absolute Gasteiger partial charge is 0.497 e. The minimum absolute atomic E-state index is 0.894. The molecule has 0 radical (unpaired) electrons. The van der Waals surface area contributed by atoms with Crippen LogP contribution in [-0.2, 0) is 0 Å². The molecule has 0 aromatic heterocycles. The van der Waals surface area contributed by atoms with Gasteiger partial charge in [0, 0.05) is 17.1 Å². The smallest absolute Gasteiger partial charge is 0.121 e. The van der Waals surface area contributed by atoms with Gasteiger partial charge in [0.1, 0.15) is 5.75 Å². The first-order chi connectivity index (χ1) is 9.27. The van der Waals surface area contributed by atoms with Crippen LogP contribution in [0.5, 0.6) is 5.75 Å². The molecule has 0 aliphatic heterocycles. The summed E-state index contributed by atoms with van der Waals surface area (Å²) in [4.78, 5) is 0. The Morgan fingerprint density at radius 2 is 1.74 bits per heavy atom. The Morgan fingerprint density at radius 3 is 2.42 bits per heavy atom. The molecule has 1 aromatic carbocycles. The normalized spacial score (nSPS) is 10.5. The van der Waals surface area contributed by atoms with E-state index in [0.717, 1.165) is 22.5 Å². The van der Waals surface area contributed by atoms with Gasteiger partial charge in [-0.1, -0.05) is 45.4 Å². The number of rotatable bonds is 10. The maximum absolute atomic E-state index is 5.23. The Bertz CT molecular complexity index is 355. The fourth-order valence-electron chi connectivity index (χ4n) is 2.07. The summed E-state index contributed by atoms with van der Waals surface area (Å²) in [6, 6.07) is 6.01. The Kier molecular flexibility index (Phi) is 8.72. The number of hydrogen-bond acceptors (Lipinski definition) is 2. The van der Waals surface area contributed by atoms with E-state index in [2.05, 4.69) is 28.2 Å². The van der Waals surface area contributed by atoms with Crippen LogP contribution in [-0.4, -0.2) is 13.7 Å². The van der Waals surface area contributed by atoms with Gasteiger partial charge in [-0.05, 0) is 34.5 Å². The molecule has 0 heterocycles. The van der Waals surface area contributed by atoms with Crippen molar-refractivity contribution in [2.24, 2.45) is 0 Å². The molecule has 0 unspecified atom stereocenters. The summed E-state index contributed by atoms with van der Waals surface area (Å²) in [6.45, 7) is 3.29. The van der Waals surface area contributed by atoms with E-state index in [1.807, 2.05) is 18.2 Å². The van der Waals surface area contributed by atoms with E-state index in [9.17, 15) is 0 Å². The number of benzene rings is 1. The van der Waals surface area contributed by atoms with Crippen molar-refractivity contribution in [3.8, 4) is 5.75 Å². The van der Waals surface area contributed by atoms with Gasteiger partial charge in [0.15, 0.2) is 0 Å². The molecule has 1 rings (SSSR count). The minimum atomic E-state index is 0.894. The van der Waals surface area contributed by atoms with E-state index in [0.29, 0.717) is 0 Å². The van der Waals surface area contributed by atoms with E-state index in [4.69, 9.17) is 4.74 Å². The molecule has 3 heteroatoms. The summed E-state index contributed by atoms with van der Waals surface area (Å²) in [5.74, 6) is 0.894. The van der Waals surface area contributed by atoms with Gasteiger partial charge in [-0.2, -0.15) is 0 Å². The van der Waals surface area contributed by atoms with Crippen LogP contribution in [0.4, 0.5) is 5.69 Å². The summed E-state index contributed by atoms with van der Waals surface area (Å²) in [6.07, 6.45) is 9.40. The molecule has 0 saturated carbocycles. The summed E-state index contributed by atoms with van der Waals surface area (Å²) < 4.78 is 6.33. The summed E-state index contributed by atoms with van der Waals surface area (Å²) in [5, 5.41) is 3.46. The zero-order valence-corrected chi connectivity index (χ0v) is 13.8. The minimum Gasteiger partial charge on any atom is -0.497 e. The van der Waals surface area contributed by atoms with Crippen molar-refractivity contribution in [2.75, 3.05) is 19.0 Å². The number of anilines is 1. The fourth-order valence-corrected chi connectivity index (χ4v) is 2.46. The van der Waals surface area contributed by atoms with Gasteiger partial charge in [0.05, 0.1) is 12.8 Å². The van der Waals surface area contributed by atoms with E-state index in [-0.39, 0.29) is 0 Å². The Labute approximate surface area is 126 Å². The molecule has 0 aliphatic carbocycles. The summed E-state index contributed by atoms with van der Waals surface area (Å²) >= 11 is 3.55. The van der Waals surface area contributed by atoms with Crippen molar-refractivity contribution in [3.05, 3.63) is 22.7 Å². The van der Waals surface area contributed by atoms with Crippen molar-refractivity contribution in [1.82, 2.24) is 0 Å². The van der Waals surface area contributed by atoms with Crippen LogP contribution >= 0.6 is 15.9 Å². The lowest BCUT2D eigenvalue weighted by molar-refractivity contribution is 0.415. The third-order valence-corrected chi connectivity index (χ3v) is 3.96. The van der Waals surface area contributed by atoms with E-state index in [1.165, 1.54) is 44.9 Å². The van der Waals surface area contributed by atoms with Gasteiger partial charge in [-0.3, -0.25) is 0 Å². The number of hydrogen-bond donors (Lipinski definition) is 1. The average molecular weight is 328 g/mol. The highest BCUT2D eigenvalue weighted by Crippen LogP contribution is 2.27. The lowest BCUT2D eigenvalue weighted by Crippen LogP contribution is -2.02. The maximum atomic E-state index is 5.23.